The van der Waals surface area contributed by atoms with Gasteiger partial charge in [0.15, 0.2) is 11.5 Å². The molecule has 0 unspecified atom stereocenters. The Kier molecular flexibility index (Phi) is 4.73. The van der Waals surface area contributed by atoms with E-state index in [4.69, 9.17) is 9.72 Å². The third-order valence-electron chi connectivity index (χ3n) is 6.39. The van der Waals surface area contributed by atoms with Crippen LogP contribution in [-0.2, 0) is 11.2 Å². The first-order chi connectivity index (χ1) is 16.0. The van der Waals surface area contributed by atoms with Crippen molar-refractivity contribution in [1.29, 1.82) is 0 Å². The SMILES string of the molecule is CC1(C)Cc2ccc(-c3cn4ccnc4c(Nc4ccc(N5CCOCC5)cc4)n3)cc2N1. The van der Waals surface area contributed by atoms with Crippen molar-refractivity contribution in [2.24, 2.45) is 0 Å². The fourth-order valence-corrected chi connectivity index (χ4v) is 4.76. The molecule has 0 aliphatic carbocycles. The van der Waals surface area contributed by atoms with E-state index >= 15 is 0 Å². The molecule has 0 amide bonds. The van der Waals surface area contributed by atoms with Crippen LogP contribution in [-0.4, -0.2) is 46.2 Å². The van der Waals surface area contributed by atoms with Crippen LogP contribution in [0.1, 0.15) is 19.4 Å². The van der Waals surface area contributed by atoms with Crippen molar-refractivity contribution in [2.75, 3.05) is 41.8 Å². The second-order valence-electron chi connectivity index (χ2n) is 9.46. The second kappa shape index (κ2) is 7.78. The summed E-state index contributed by atoms with van der Waals surface area (Å²) in [4.78, 5) is 11.8. The number of aromatic nitrogens is 3. The molecule has 0 spiro atoms. The Morgan fingerprint density at radius 1 is 1.06 bits per heavy atom. The summed E-state index contributed by atoms with van der Waals surface area (Å²) in [5.41, 5.74) is 7.62. The first-order valence-electron chi connectivity index (χ1n) is 11.5. The van der Waals surface area contributed by atoms with Crippen LogP contribution in [0.3, 0.4) is 0 Å². The van der Waals surface area contributed by atoms with Crippen molar-refractivity contribution in [3.05, 3.63) is 66.6 Å². The molecule has 0 radical (unpaired) electrons. The van der Waals surface area contributed by atoms with E-state index in [0.717, 1.165) is 61.1 Å². The molecule has 168 valence electrons. The zero-order valence-corrected chi connectivity index (χ0v) is 19.0. The summed E-state index contributed by atoms with van der Waals surface area (Å²) >= 11 is 0. The molecule has 7 nitrogen and oxygen atoms in total. The number of morpholine rings is 1. The first-order valence-corrected chi connectivity index (χ1v) is 11.5. The Hall–Kier alpha value is -3.58. The highest BCUT2D eigenvalue weighted by Gasteiger charge is 2.27. The Morgan fingerprint density at radius 3 is 2.70 bits per heavy atom. The van der Waals surface area contributed by atoms with Crippen LogP contribution < -0.4 is 15.5 Å². The molecule has 2 aromatic carbocycles. The maximum absolute atomic E-state index is 5.46. The van der Waals surface area contributed by atoms with Gasteiger partial charge in [-0.2, -0.15) is 0 Å². The van der Waals surface area contributed by atoms with Crippen LogP contribution in [0.5, 0.6) is 0 Å². The molecule has 4 heterocycles. The Balaban J connectivity index is 1.31. The van der Waals surface area contributed by atoms with Gasteiger partial charge in [0.2, 0.25) is 0 Å². The van der Waals surface area contributed by atoms with Gasteiger partial charge in [0, 0.05) is 59.8 Å². The number of anilines is 4. The van der Waals surface area contributed by atoms with E-state index < -0.39 is 0 Å². The lowest BCUT2D eigenvalue weighted by molar-refractivity contribution is 0.122. The number of nitrogens with one attached hydrogen (secondary N) is 2. The maximum Gasteiger partial charge on any atom is 0.180 e. The molecule has 0 atom stereocenters. The third kappa shape index (κ3) is 3.89. The second-order valence-corrected chi connectivity index (χ2v) is 9.46. The van der Waals surface area contributed by atoms with E-state index in [2.05, 4.69) is 76.8 Å². The Bertz CT molecular complexity index is 1300. The minimum atomic E-state index is 0.0861. The lowest BCUT2D eigenvalue weighted by Gasteiger charge is -2.28. The lowest BCUT2D eigenvalue weighted by Crippen LogP contribution is -2.36. The first kappa shape index (κ1) is 20.1. The lowest BCUT2D eigenvalue weighted by atomic mass is 10.00. The van der Waals surface area contributed by atoms with Crippen molar-refractivity contribution in [3.8, 4) is 11.3 Å². The molecule has 0 bridgehead atoms. The van der Waals surface area contributed by atoms with Crippen LogP contribution in [0.15, 0.2) is 61.1 Å². The predicted molar refractivity (Wildman–Crippen MR) is 133 cm³/mol. The van der Waals surface area contributed by atoms with Crippen LogP contribution in [0.2, 0.25) is 0 Å². The maximum atomic E-state index is 5.46. The normalized spacial score (nSPS) is 17.1. The molecule has 2 aromatic heterocycles. The molecular weight excluding hydrogens is 412 g/mol. The zero-order valence-electron chi connectivity index (χ0n) is 19.0. The predicted octanol–water partition coefficient (Wildman–Crippen LogP) is 4.72. The van der Waals surface area contributed by atoms with Gasteiger partial charge in [-0.1, -0.05) is 12.1 Å². The van der Waals surface area contributed by atoms with Gasteiger partial charge < -0.3 is 24.7 Å². The topological polar surface area (TPSA) is 66.7 Å². The summed E-state index contributed by atoms with van der Waals surface area (Å²) in [6.07, 6.45) is 6.84. The summed E-state index contributed by atoms with van der Waals surface area (Å²) in [5.74, 6) is 0.741. The fourth-order valence-electron chi connectivity index (χ4n) is 4.76. The highest BCUT2D eigenvalue weighted by atomic mass is 16.5. The van der Waals surface area contributed by atoms with Crippen LogP contribution >= 0.6 is 0 Å². The summed E-state index contributed by atoms with van der Waals surface area (Å²) in [5, 5.41) is 7.11. The monoisotopic (exact) mass is 440 g/mol. The van der Waals surface area contributed by atoms with Gasteiger partial charge in [0.1, 0.15) is 0 Å². The van der Waals surface area contributed by atoms with Gasteiger partial charge in [-0.25, -0.2) is 9.97 Å². The minimum absolute atomic E-state index is 0.0861. The molecule has 4 aromatic rings. The van der Waals surface area contributed by atoms with Crippen molar-refractivity contribution in [3.63, 3.8) is 0 Å². The Labute approximate surface area is 193 Å². The molecule has 2 aliphatic heterocycles. The molecule has 0 saturated carbocycles. The molecule has 7 heteroatoms. The molecule has 2 N–H and O–H groups in total. The number of rotatable bonds is 4. The highest BCUT2D eigenvalue weighted by Crippen LogP contribution is 2.35. The van der Waals surface area contributed by atoms with E-state index in [1.165, 1.54) is 16.9 Å². The number of imidazole rings is 1. The number of hydrogen-bond donors (Lipinski definition) is 2. The van der Waals surface area contributed by atoms with E-state index in [-0.39, 0.29) is 5.54 Å². The minimum Gasteiger partial charge on any atom is -0.380 e. The zero-order chi connectivity index (χ0) is 22.4. The Morgan fingerprint density at radius 2 is 1.88 bits per heavy atom. The van der Waals surface area contributed by atoms with Crippen molar-refractivity contribution in [2.45, 2.75) is 25.8 Å². The van der Waals surface area contributed by atoms with E-state index in [1.807, 2.05) is 16.8 Å². The number of hydrogen-bond acceptors (Lipinski definition) is 6. The summed E-state index contributed by atoms with van der Waals surface area (Å²) in [6, 6.07) is 15.1. The molecule has 2 aliphatic rings. The van der Waals surface area contributed by atoms with Crippen molar-refractivity contribution < 1.29 is 4.74 Å². The fraction of sp³-hybridized carbons (Fsp3) is 0.308. The van der Waals surface area contributed by atoms with Gasteiger partial charge in [-0.15, -0.1) is 0 Å². The number of nitrogens with zero attached hydrogens (tertiary/aromatic N) is 4. The summed E-state index contributed by atoms with van der Waals surface area (Å²) < 4.78 is 7.49. The van der Waals surface area contributed by atoms with E-state index in [0.29, 0.717) is 0 Å². The highest BCUT2D eigenvalue weighted by molar-refractivity contribution is 5.76. The van der Waals surface area contributed by atoms with Crippen molar-refractivity contribution >= 4 is 28.5 Å². The molecule has 1 saturated heterocycles. The van der Waals surface area contributed by atoms with Gasteiger partial charge in [0.25, 0.3) is 0 Å². The van der Waals surface area contributed by atoms with Gasteiger partial charge in [-0.3, -0.25) is 0 Å². The van der Waals surface area contributed by atoms with E-state index in [9.17, 15) is 0 Å². The number of benzene rings is 2. The number of fused-ring (bicyclic) bond motifs is 2. The van der Waals surface area contributed by atoms with Gasteiger partial charge in [-0.05, 0) is 56.2 Å². The average Bonchev–Trinajstić information content (AvgIpc) is 3.42. The molecule has 1 fully saturated rings. The van der Waals surface area contributed by atoms with Gasteiger partial charge in [0.05, 0.1) is 18.9 Å². The average molecular weight is 441 g/mol. The van der Waals surface area contributed by atoms with E-state index in [1.54, 1.807) is 6.20 Å². The third-order valence-corrected chi connectivity index (χ3v) is 6.39. The van der Waals surface area contributed by atoms with Crippen LogP contribution in [0, 0.1) is 0 Å². The largest absolute Gasteiger partial charge is 0.380 e. The molecule has 33 heavy (non-hydrogen) atoms. The van der Waals surface area contributed by atoms with Gasteiger partial charge >= 0.3 is 0 Å². The molecule has 6 rings (SSSR count). The summed E-state index contributed by atoms with van der Waals surface area (Å²) in [6.45, 7) is 7.88. The molecular formula is C26H28N6O. The standard InChI is InChI=1S/C26H28N6O/c1-26(2)16-19-4-3-18(15-22(19)30-26)23-17-32-10-9-27-25(32)24(29-23)28-20-5-7-21(8-6-20)31-11-13-33-14-12-31/h3-10,15,17,30H,11-14,16H2,1-2H3,(H,28,29). The summed E-state index contributed by atoms with van der Waals surface area (Å²) in [7, 11) is 0. The smallest absolute Gasteiger partial charge is 0.180 e. The van der Waals surface area contributed by atoms with Crippen LogP contribution in [0.4, 0.5) is 22.9 Å². The number of ether oxygens (including phenoxy) is 1. The quantitative estimate of drug-likeness (QED) is 0.479. The van der Waals surface area contributed by atoms with Crippen LogP contribution in [0.25, 0.3) is 16.9 Å². The van der Waals surface area contributed by atoms with Crippen molar-refractivity contribution in [1.82, 2.24) is 14.4 Å².